The Bertz CT molecular complexity index is 937. The van der Waals surface area contributed by atoms with E-state index in [0.29, 0.717) is 32.4 Å². The van der Waals surface area contributed by atoms with Crippen LogP contribution in [0.15, 0.2) is 42.5 Å². The van der Waals surface area contributed by atoms with Crippen molar-refractivity contribution in [3.8, 4) is 0 Å². The highest BCUT2D eigenvalue weighted by atomic mass is 32.2. The molecule has 2 aromatic rings. The van der Waals surface area contributed by atoms with Crippen molar-refractivity contribution in [3.05, 3.63) is 48.0 Å². The summed E-state index contributed by atoms with van der Waals surface area (Å²) in [5.74, 6) is -0.148. The van der Waals surface area contributed by atoms with Crippen molar-refractivity contribution in [3.63, 3.8) is 0 Å². The number of hydrogen-bond acceptors (Lipinski definition) is 4. The number of unbranched alkanes of at least 4 members (excludes halogenated alkanes) is 1. The number of fused-ring (bicyclic) bond motifs is 1. The van der Waals surface area contributed by atoms with E-state index in [1.54, 1.807) is 0 Å². The molecule has 0 radical (unpaired) electrons. The third-order valence-corrected chi connectivity index (χ3v) is 7.56. The maximum Gasteiger partial charge on any atom is 0.223 e. The summed E-state index contributed by atoms with van der Waals surface area (Å²) in [4.78, 5) is 12.5. The predicted molar refractivity (Wildman–Crippen MR) is 115 cm³/mol. The van der Waals surface area contributed by atoms with E-state index >= 15 is 0 Å². The largest absolute Gasteiger partial charge is 0.387 e. The summed E-state index contributed by atoms with van der Waals surface area (Å²) < 4.78 is 26.1. The Morgan fingerprint density at radius 1 is 1.17 bits per heavy atom. The molecule has 0 spiro atoms. The van der Waals surface area contributed by atoms with Crippen LogP contribution >= 0.6 is 0 Å². The molecular formula is C22H30N2O4S. The number of benzene rings is 2. The Morgan fingerprint density at radius 3 is 2.55 bits per heavy atom. The van der Waals surface area contributed by atoms with Gasteiger partial charge in [0.1, 0.15) is 0 Å². The molecule has 0 aliphatic carbocycles. The van der Waals surface area contributed by atoms with Gasteiger partial charge in [0.15, 0.2) is 0 Å². The lowest BCUT2D eigenvalue weighted by Gasteiger charge is -2.30. The van der Waals surface area contributed by atoms with Crippen LogP contribution in [-0.4, -0.2) is 49.1 Å². The molecule has 0 aromatic heterocycles. The fraction of sp³-hybridized carbons (Fsp3) is 0.500. The van der Waals surface area contributed by atoms with Gasteiger partial charge in [-0.2, -0.15) is 0 Å². The fourth-order valence-corrected chi connectivity index (χ4v) is 5.41. The molecule has 6 nitrogen and oxygen atoms in total. The van der Waals surface area contributed by atoms with Gasteiger partial charge >= 0.3 is 0 Å². The van der Waals surface area contributed by atoms with Crippen LogP contribution in [0.25, 0.3) is 10.8 Å². The van der Waals surface area contributed by atoms with Crippen LogP contribution in [-0.2, 0) is 14.8 Å². The average Bonchev–Trinajstić information content (AvgIpc) is 2.75. The minimum absolute atomic E-state index is 0.115. The summed E-state index contributed by atoms with van der Waals surface area (Å²) in [5.41, 5.74) is 0.765. The average molecular weight is 419 g/mol. The lowest BCUT2D eigenvalue weighted by atomic mass is 9.97. The monoisotopic (exact) mass is 418 g/mol. The van der Waals surface area contributed by atoms with Crippen LogP contribution in [0.2, 0.25) is 0 Å². The number of amides is 1. The number of nitrogens with one attached hydrogen (secondary N) is 1. The van der Waals surface area contributed by atoms with E-state index in [1.165, 1.54) is 4.31 Å². The van der Waals surface area contributed by atoms with Crippen LogP contribution in [0, 0.1) is 5.92 Å². The van der Waals surface area contributed by atoms with Crippen LogP contribution in [0.3, 0.4) is 0 Å². The second-order valence-electron chi connectivity index (χ2n) is 7.71. The van der Waals surface area contributed by atoms with E-state index < -0.39 is 16.1 Å². The number of piperidine rings is 1. The molecule has 1 saturated heterocycles. The van der Waals surface area contributed by atoms with Crippen molar-refractivity contribution < 1.29 is 18.3 Å². The van der Waals surface area contributed by atoms with E-state index in [2.05, 4.69) is 5.32 Å². The molecule has 1 amide bonds. The SMILES string of the molecule is CCCCS(=O)(=O)N1CCC(C(=O)NCC(O)c2ccc3ccccc3c2)CC1. The fourth-order valence-electron chi connectivity index (χ4n) is 3.73. The molecule has 158 valence electrons. The van der Waals surface area contributed by atoms with E-state index in [1.807, 2.05) is 49.4 Å². The first-order valence-electron chi connectivity index (χ1n) is 10.3. The number of carbonyl (C=O) groups excluding carboxylic acids is 1. The van der Waals surface area contributed by atoms with Crippen molar-refractivity contribution in [1.82, 2.24) is 9.62 Å². The zero-order valence-corrected chi connectivity index (χ0v) is 17.7. The van der Waals surface area contributed by atoms with Gasteiger partial charge in [-0.05, 0) is 41.7 Å². The maximum absolute atomic E-state index is 12.5. The minimum atomic E-state index is -3.21. The summed E-state index contributed by atoms with van der Waals surface area (Å²) >= 11 is 0. The van der Waals surface area contributed by atoms with Gasteiger partial charge in [0, 0.05) is 25.6 Å². The van der Waals surface area contributed by atoms with Gasteiger partial charge in [0.25, 0.3) is 0 Å². The summed E-state index contributed by atoms with van der Waals surface area (Å²) in [6.45, 7) is 2.89. The summed E-state index contributed by atoms with van der Waals surface area (Å²) in [6, 6.07) is 13.7. The van der Waals surface area contributed by atoms with Gasteiger partial charge in [-0.3, -0.25) is 4.79 Å². The van der Waals surface area contributed by atoms with Crippen molar-refractivity contribution in [2.45, 2.75) is 38.7 Å². The molecule has 3 rings (SSSR count). The number of aliphatic hydroxyl groups excluding tert-OH is 1. The second kappa shape index (κ2) is 9.69. The molecule has 7 heteroatoms. The first-order valence-corrected chi connectivity index (χ1v) is 11.9. The summed E-state index contributed by atoms with van der Waals surface area (Å²) in [6.07, 6.45) is 1.76. The Kier molecular flexibility index (Phi) is 7.27. The lowest BCUT2D eigenvalue weighted by Crippen LogP contribution is -2.44. The van der Waals surface area contributed by atoms with Crippen molar-refractivity contribution in [2.24, 2.45) is 5.92 Å². The number of aliphatic hydroxyl groups is 1. The molecule has 1 aliphatic rings. The Balaban J connectivity index is 1.49. The molecule has 0 saturated carbocycles. The first kappa shape index (κ1) is 21.7. The number of sulfonamides is 1. The molecule has 1 unspecified atom stereocenters. The van der Waals surface area contributed by atoms with Crippen molar-refractivity contribution in [2.75, 3.05) is 25.4 Å². The molecule has 29 heavy (non-hydrogen) atoms. The molecule has 0 bridgehead atoms. The van der Waals surface area contributed by atoms with Gasteiger partial charge in [-0.1, -0.05) is 49.7 Å². The van der Waals surface area contributed by atoms with E-state index in [0.717, 1.165) is 22.8 Å². The summed E-state index contributed by atoms with van der Waals surface area (Å²) in [7, 11) is -3.21. The lowest BCUT2D eigenvalue weighted by molar-refractivity contribution is -0.126. The number of carbonyl (C=O) groups is 1. The van der Waals surface area contributed by atoms with Crippen LogP contribution in [0.4, 0.5) is 0 Å². The Labute approximate surface area is 173 Å². The molecule has 1 heterocycles. The highest BCUT2D eigenvalue weighted by molar-refractivity contribution is 7.89. The third kappa shape index (κ3) is 5.56. The van der Waals surface area contributed by atoms with Crippen LogP contribution < -0.4 is 5.32 Å². The van der Waals surface area contributed by atoms with Crippen LogP contribution in [0.5, 0.6) is 0 Å². The minimum Gasteiger partial charge on any atom is -0.387 e. The number of nitrogens with zero attached hydrogens (tertiary/aromatic N) is 1. The Hall–Kier alpha value is -1.96. The molecule has 1 fully saturated rings. The van der Waals surface area contributed by atoms with Crippen molar-refractivity contribution in [1.29, 1.82) is 0 Å². The highest BCUT2D eigenvalue weighted by Crippen LogP contribution is 2.22. The zero-order valence-electron chi connectivity index (χ0n) is 16.9. The second-order valence-corrected chi connectivity index (χ2v) is 9.80. The third-order valence-electron chi connectivity index (χ3n) is 5.60. The Morgan fingerprint density at radius 2 is 1.86 bits per heavy atom. The van der Waals surface area contributed by atoms with Gasteiger partial charge in [-0.15, -0.1) is 0 Å². The molecule has 1 aliphatic heterocycles. The first-order chi connectivity index (χ1) is 13.9. The van der Waals surface area contributed by atoms with E-state index in [4.69, 9.17) is 0 Å². The predicted octanol–water partition coefficient (Wildman–Crippen LogP) is 2.83. The normalized spacial score (nSPS) is 17.3. The highest BCUT2D eigenvalue weighted by Gasteiger charge is 2.30. The molecule has 1 atom stereocenters. The van der Waals surface area contributed by atoms with Crippen LogP contribution in [0.1, 0.15) is 44.3 Å². The topological polar surface area (TPSA) is 86.7 Å². The van der Waals surface area contributed by atoms with Gasteiger partial charge in [-0.25, -0.2) is 12.7 Å². The van der Waals surface area contributed by atoms with Gasteiger partial charge in [0.2, 0.25) is 15.9 Å². The van der Waals surface area contributed by atoms with Crippen molar-refractivity contribution >= 4 is 26.7 Å². The zero-order chi connectivity index (χ0) is 20.9. The molecule has 2 aromatic carbocycles. The standard InChI is InChI=1S/C22H30N2O4S/c1-2-3-14-29(27,28)24-12-10-18(11-13-24)22(26)23-16-21(25)20-9-8-17-6-4-5-7-19(17)15-20/h4-9,15,18,21,25H,2-3,10-14,16H2,1H3,(H,23,26). The molecule has 2 N–H and O–H groups in total. The quantitative estimate of drug-likeness (QED) is 0.690. The number of hydrogen-bond donors (Lipinski definition) is 2. The number of rotatable bonds is 8. The van der Waals surface area contributed by atoms with E-state index in [-0.39, 0.29) is 24.1 Å². The van der Waals surface area contributed by atoms with Gasteiger partial charge < -0.3 is 10.4 Å². The molecular weight excluding hydrogens is 388 g/mol. The van der Waals surface area contributed by atoms with E-state index in [9.17, 15) is 18.3 Å². The smallest absolute Gasteiger partial charge is 0.223 e. The summed E-state index contributed by atoms with van der Waals surface area (Å²) in [5, 5.41) is 15.4. The van der Waals surface area contributed by atoms with Gasteiger partial charge in [0.05, 0.1) is 11.9 Å². The maximum atomic E-state index is 12.5.